The number of rotatable bonds is 13. The van der Waals surface area contributed by atoms with Crippen LogP contribution in [0.4, 0.5) is 0 Å². The molecule has 0 aromatic rings. The van der Waals surface area contributed by atoms with E-state index >= 15 is 0 Å². The Morgan fingerprint density at radius 1 is 1.04 bits per heavy atom. The third-order valence-electron chi connectivity index (χ3n) is 4.47. The van der Waals surface area contributed by atoms with Crippen LogP contribution in [0.1, 0.15) is 51.9 Å². The Balaban J connectivity index is 2.06. The molecule has 0 radical (unpaired) electrons. The van der Waals surface area contributed by atoms with Crippen LogP contribution in [0.25, 0.3) is 0 Å². The summed E-state index contributed by atoms with van der Waals surface area (Å²) in [6.45, 7) is 1.83. The molecule has 0 aromatic heterocycles. The molecule has 0 bridgehead atoms. The lowest BCUT2D eigenvalue weighted by Crippen LogP contribution is -2.22. The minimum absolute atomic E-state index is 0.252. The molecular formula is C21H32O4. The molecule has 25 heavy (non-hydrogen) atoms. The van der Waals surface area contributed by atoms with Gasteiger partial charge in [-0.05, 0) is 50.4 Å². The SMILES string of the molecule is CC[C@@H](O)[C@H](O)/C=C/C=C/C=C\CC1CC1C/C=C\CCCC(=O)O. The molecule has 4 nitrogen and oxygen atoms in total. The standard InChI is InChI=1S/C21H32O4/c1-2-19(22)20(23)14-10-5-3-4-8-12-17-16-18(17)13-9-6-7-11-15-21(24)25/h3-6,8-10,14,17-20,22-23H,2,7,11-13,15-16H2,1H3,(H,24,25)/b5-3+,8-4-,9-6-,14-10+/t17?,18?,19-,20-/m1/s1. The van der Waals surface area contributed by atoms with Crippen LogP contribution in [0.3, 0.4) is 0 Å². The molecule has 3 N–H and O–H groups in total. The van der Waals surface area contributed by atoms with Gasteiger partial charge in [0, 0.05) is 6.42 Å². The van der Waals surface area contributed by atoms with Crippen molar-refractivity contribution in [3.05, 3.63) is 48.6 Å². The summed E-state index contributed by atoms with van der Waals surface area (Å²) in [7, 11) is 0. The number of aliphatic carboxylic acids is 1. The Bertz CT molecular complexity index is 490. The van der Waals surface area contributed by atoms with E-state index in [0.29, 0.717) is 6.42 Å². The largest absolute Gasteiger partial charge is 0.481 e. The summed E-state index contributed by atoms with van der Waals surface area (Å²) in [5, 5.41) is 27.5. The van der Waals surface area contributed by atoms with E-state index in [-0.39, 0.29) is 6.42 Å². The minimum Gasteiger partial charge on any atom is -0.481 e. The molecule has 1 aliphatic carbocycles. The van der Waals surface area contributed by atoms with Gasteiger partial charge in [0.05, 0.1) is 12.2 Å². The van der Waals surface area contributed by atoms with Crippen LogP contribution < -0.4 is 0 Å². The third kappa shape index (κ3) is 10.7. The first-order valence-electron chi connectivity index (χ1n) is 9.27. The summed E-state index contributed by atoms with van der Waals surface area (Å²) in [5.74, 6) is 0.821. The number of carboxylic acids is 1. The van der Waals surface area contributed by atoms with Gasteiger partial charge in [0.2, 0.25) is 0 Å². The van der Waals surface area contributed by atoms with Gasteiger partial charge < -0.3 is 15.3 Å². The number of carbonyl (C=O) groups is 1. The highest BCUT2D eigenvalue weighted by molar-refractivity contribution is 5.66. The van der Waals surface area contributed by atoms with Crippen LogP contribution in [0.5, 0.6) is 0 Å². The maximum atomic E-state index is 10.4. The highest BCUT2D eigenvalue weighted by Gasteiger charge is 2.34. The van der Waals surface area contributed by atoms with E-state index in [0.717, 1.165) is 37.5 Å². The van der Waals surface area contributed by atoms with E-state index in [2.05, 4.69) is 18.2 Å². The predicted molar refractivity (Wildman–Crippen MR) is 101 cm³/mol. The van der Waals surface area contributed by atoms with Crippen LogP contribution in [0.2, 0.25) is 0 Å². The summed E-state index contributed by atoms with van der Waals surface area (Å²) in [4.78, 5) is 10.4. The van der Waals surface area contributed by atoms with Gasteiger partial charge in [-0.15, -0.1) is 0 Å². The van der Waals surface area contributed by atoms with Crippen LogP contribution >= 0.6 is 0 Å². The highest BCUT2D eigenvalue weighted by atomic mass is 16.4. The molecule has 0 amide bonds. The molecule has 1 rings (SSSR count). The van der Waals surface area contributed by atoms with Gasteiger partial charge in [-0.2, -0.15) is 0 Å². The van der Waals surface area contributed by atoms with Crippen molar-refractivity contribution in [2.45, 2.75) is 64.1 Å². The van der Waals surface area contributed by atoms with E-state index in [1.54, 1.807) is 12.2 Å². The Hall–Kier alpha value is -1.65. The lowest BCUT2D eigenvalue weighted by Gasteiger charge is -2.10. The first-order chi connectivity index (χ1) is 12.0. The normalized spacial score (nSPS) is 23.2. The Kier molecular flexibility index (Phi) is 10.8. The third-order valence-corrected chi connectivity index (χ3v) is 4.47. The Morgan fingerprint density at radius 3 is 2.40 bits per heavy atom. The lowest BCUT2D eigenvalue weighted by atomic mass is 10.1. The quantitative estimate of drug-likeness (QED) is 0.267. The lowest BCUT2D eigenvalue weighted by molar-refractivity contribution is -0.137. The Labute approximate surface area is 151 Å². The first kappa shape index (κ1) is 21.4. The first-order valence-corrected chi connectivity index (χ1v) is 9.27. The second-order valence-corrected chi connectivity index (χ2v) is 6.65. The molecule has 0 aromatic carbocycles. The molecule has 2 unspecified atom stereocenters. The molecule has 4 heteroatoms. The fourth-order valence-electron chi connectivity index (χ4n) is 2.66. The van der Waals surface area contributed by atoms with Crippen molar-refractivity contribution in [2.24, 2.45) is 11.8 Å². The number of allylic oxidation sites excluding steroid dienone is 7. The second-order valence-electron chi connectivity index (χ2n) is 6.65. The zero-order chi connectivity index (χ0) is 18.5. The molecule has 1 aliphatic rings. The van der Waals surface area contributed by atoms with Crippen molar-refractivity contribution in [1.82, 2.24) is 0 Å². The molecule has 0 spiro atoms. The van der Waals surface area contributed by atoms with E-state index in [1.807, 2.05) is 25.2 Å². The van der Waals surface area contributed by atoms with Gasteiger partial charge in [0.1, 0.15) is 0 Å². The van der Waals surface area contributed by atoms with Crippen LogP contribution in [0, 0.1) is 11.8 Å². The van der Waals surface area contributed by atoms with E-state index < -0.39 is 18.2 Å². The summed E-state index contributed by atoms with van der Waals surface area (Å²) in [5.41, 5.74) is 0. The van der Waals surface area contributed by atoms with Crippen molar-refractivity contribution in [1.29, 1.82) is 0 Å². The fraction of sp³-hybridized carbons (Fsp3) is 0.571. The summed E-state index contributed by atoms with van der Waals surface area (Å²) in [6, 6.07) is 0. The highest BCUT2D eigenvalue weighted by Crippen LogP contribution is 2.44. The van der Waals surface area contributed by atoms with Gasteiger partial charge in [0.15, 0.2) is 0 Å². The number of unbranched alkanes of at least 4 members (excludes halogenated alkanes) is 1. The zero-order valence-corrected chi connectivity index (χ0v) is 15.1. The van der Waals surface area contributed by atoms with Crippen molar-refractivity contribution in [3.63, 3.8) is 0 Å². The maximum Gasteiger partial charge on any atom is 0.303 e. The Morgan fingerprint density at radius 2 is 1.72 bits per heavy atom. The minimum atomic E-state index is -0.803. The number of carboxylic acid groups (broad SMARTS) is 1. The van der Waals surface area contributed by atoms with E-state index in [4.69, 9.17) is 5.11 Å². The second kappa shape index (κ2) is 12.7. The van der Waals surface area contributed by atoms with Crippen molar-refractivity contribution < 1.29 is 20.1 Å². The van der Waals surface area contributed by atoms with E-state index in [9.17, 15) is 15.0 Å². The predicted octanol–water partition coefficient (Wildman–Crippen LogP) is 4.01. The molecule has 1 saturated carbocycles. The summed E-state index contributed by atoms with van der Waals surface area (Å²) in [6.07, 6.45) is 19.9. The van der Waals surface area contributed by atoms with Crippen molar-refractivity contribution in [3.8, 4) is 0 Å². The number of hydrogen-bond acceptors (Lipinski definition) is 3. The van der Waals surface area contributed by atoms with Crippen molar-refractivity contribution in [2.75, 3.05) is 0 Å². The average Bonchev–Trinajstić information content (AvgIpc) is 3.34. The van der Waals surface area contributed by atoms with Crippen LogP contribution in [-0.2, 0) is 4.79 Å². The summed E-state index contributed by atoms with van der Waals surface area (Å²) >= 11 is 0. The molecule has 0 heterocycles. The zero-order valence-electron chi connectivity index (χ0n) is 15.1. The molecule has 1 fully saturated rings. The van der Waals surface area contributed by atoms with Gasteiger partial charge in [-0.25, -0.2) is 0 Å². The fourth-order valence-corrected chi connectivity index (χ4v) is 2.66. The number of aliphatic hydroxyl groups excluding tert-OH is 2. The number of hydrogen-bond donors (Lipinski definition) is 3. The van der Waals surface area contributed by atoms with Gasteiger partial charge in [0.25, 0.3) is 0 Å². The topological polar surface area (TPSA) is 77.8 Å². The monoisotopic (exact) mass is 348 g/mol. The van der Waals surface area contributed by atoms with Gasteiger partial charge in [-0.1, -0.05) is 55.5 Å². The molecular weight excluding hydrogens is 316 g/mol. The number of aliphatic hydroxyl groups is 2. The van der Waals surface area contributed by atoms with Crippen LogP contribution in [0.15, 0.2) is 48.6 Å². The molecule has 140 valence electrons. The van der Waals surface area contributed by atoms with E-state index in [1.165, 1.54) is 6.42 Å². The summed E-state index contributed by atoms with van der Waals surface area (Å²) < 4.78 is 0. The van der Waals surface area contributed by atoms with Gasteiger partial charge >= 0.3 is 5.97 Å². The molecule has 0 saturated heterocycles. The maximum absolute atomic E-state index is 10.4. The van der Waals surface area contributed by atoms with Crippen molar-refractivity contribution >= 4 is 5.97 Å². The smallest absolute Gasteiger partial charge is 0.303 e. The van der Waals surface area contributed by atoms with Gasteiger partial charge in [-0.3, -0.25) is 4.79 Å². The average molecular weight is 348 g/mol. The molecule has 4 atom stereocenters. The molecule has 0 aliphatic heterocycles. The van der Waals surface area contributed by atoms with Crippen LogP contribution in [-0.4, -0.2) is 33.5 Å².